The van der Waals surface area contributed by atoms with E-state index in [4.69, 9.17) is 14.9 Å². The van der Waals surface area contributed by atoms with Crippen molar-refractivity contribution in [3.63, 3.8) is 0 Å². The summed E-state index contributed by atoms with van der Waals surface area (Å²) in [5.74, 6) is 0.531. The number of nitrogen functional groups attached to an aromatic ring is 1. The van der Waals surface area contributed by atoms with Crippen LogP contribution in [-0.2, 0) is 15.3 Å². The molecule has 1 aromatic carbocycles. The number of aromatic nitrogens is 4. The van der Waals surface area contributed by atoms with E-state index in [9.17, 15) is 35.0 Å². The van der Waals surface area contributed by atoms with E-state index >= 15 is 0 Å². The molecule has 18 nitrogen and oxygen atoms in total. The Bertz CT molecular complexity index is 1840. The first-order valence-corrected chi connectivity index (χ1v) is 15.2. The minimum Gasteiger partial charge on any atom is -0.455 e. The van der Waals surface area contributed by atoms with Crippen LogP contribution in [0.15, 0.2) is 58.6 Å². The van der Waals surface area contributed by atoms with E-state index in [2.05, 4.69) is 25.4 Å². The molecule has 4 aromatic rings. The van der Waals surface area contributed by atoms with Crippen molar-refractivity contribution in [1.29, 1.82) is 0 Å². The van der Waals surface area contributed by atoms with Crippen LogP contribution in [-0.4, -0.2) is 94.4 Å². The van der Waals surface area contributed by atoms with Crippen molar-refractivity contribution < 1.29 is 68.5 Å². The van der Waals surface area contributed by atoms with E-state index in [0.717, 1.165) is 37.1 Å². The third-order valence-corrected chi connectivity index (χ3v) is 8.62. The first-order chi connectivity index (χ1) is 23.1. The minimum atomic E-state index is -1.23. The number of hydrogen-bond donors (Lipinski definition) is 4. The van der Waals surface area contributed by atoms with Gasteiger partial charge < -0.3 is 40.5 Å². The number of imidazole rings is 1. The van der Waals surface area contributed by atoms with E-state index in [0.29, 0.717) is 28.2 Å². The number of aliphatic hydroxyl groups is 3. The minimum absolute atomic E-state index is 0. The van der Waals surface area contributed by atoms with Crippen molar-refractivity contribution >= 4 is 40.8 Å². The molecule has 0 unspecified atom stereocenters. The van der Waals surface area contributed by atoms with Gasteiger partial charge in [-0.25, -0.2) is 15.0 Å². The van der Waals surface area contributed by atoms with Crippen LogP contribution < -0.4 is 35.3 Å². The molecule has 252 valence electrons. The molecule has 0 radical (unpaired) electrons. The van der Waals surface area contributed by atoms with Crippen LogP contribution in [0.3, 0.4) is 0 Å². The van der Waals surface area contributed by atoms with Gasteiger partial charge in [-0.2, -0.15) is 0 Å². The summed E-state index contributed by atoms with van der Waals surface area (Å²) in [6.45, 7) is -0.568. The maximum atomic E-state index is 11.3. The number of nitro benzene ring substituents is 1. The second kappa shape index (κ2) is 15.1. The number of furan rings is 1. The van der Waals surface area contributed by atoms with Crippen LogP contribution in [0.2, 0.25) is 0 Å². The van der Waals surface area contributed by atoms with E-state index in [1.54, 1.807) is 28.8 Å². The Morgan fingerprint density at radius 3 is 2.47 bits per heavy atom. The summed E-state index contributed by atoms with van der Waals surface area (Å²) in [5.41, 5.74) is 6.18. The average molecular weight is 686 g/mol. The van der Waals surface area contributed by atoms with Crippen molar-refractivity contribution in [2.75, 3.05) is 18.9 Å². The number of nitro groups is 1. The summed E-state index contributed by atoms with van der Waals surface area (Å²) < 4.78 is 13.3. The summed E-state index contributed by atoms with van der Waals surface area (Å²) in [5, 5.41) is 49.5. The zero-order valence-corrected chi connectivity index (χ0v) is 28.4. The Morgan fingerprint density at radius 2 is 1.84 bits per heavy atom. The number of amides is 3. The van der Waals surface area contributed by atoms with Gasteiger partial charge in [-0.1, -0.05) is 19.3 Å². The second-order valence-corrected chi connectivity index (χ2v) is 11.5. The maximum absolute atomic E-state index is 11.3. The number of urea groups is 1. The third-order valence-electron chi connectivity index (χ3n) is 8.62. The van der Waals surface area contributed by atoms with Gasteiger partial charge in [-0.05, 0) is 37.1 Å². The fourth-order valence-corrected chi connectivity index (χ4v) is 6.27. The van der Waals surface area contributed by atoms with Crippen LogP contribution in [0.1, 0.15) is 37.9 Å². The standard InChI is InChI=1S/C16H23N5O4.C14H10N4O5.Na/c17-14-11-15(19-7-18-14)21(8-20-11)16(9-4-2-1-3-5-9)13(24)12(23)10(6-22)25-16;19-13-8-17(14(20)16-13)15-7-11-5-6-12(23-11)9-1-3-10(4-2-9)18(21)22;/h7-10,12-13,22-24H,1-6H2,(H2,17,18,19);1-7H,8H2,(H,16,19,20);/q;;+1/p-1/t10-,12-,13-,16-;;/m1../s1. The number of rotatable bonds is 7. The third kappa shape index (κ3) is 7.07. The van der Waals surface area contributed by atoms with Crippen molar-refractivity contribution in [2.45, 2.75) is 56.1 Å². The predicted molar refractivity (Wildman–Crippen MR) is 167 cm³/mol. The number of benzene rings is 1. The molecule has 0 bridgehead atoms. The molecule has 1 aliphatic carbocycles. The van der Waals surface area contributed by atoms with Gasteiger partial charge in [0.2, 0.25) is 0 Å². The van der Waals surface area contributed by atoms with Gasteiger partial charge in [0.05, 0.1) is 24.1 Å². The van der Waals surface area contributed by atoms with Gasteiger partial charge in [0, 0.05) is 30.2 Å². The number of carbonyl (C=O) groups is 2. The largest absolute Gasteiger partial charge is 1.00 e. The molecule has 3 amide bonds. The van der Waals surface area contributed by atoms with E-state index in [1.165, 1.54) is 31.0 Å². The molecule has 5 heterocycles. The number of nitrogens with two attached hydrogens (primary N) is 1. The number of fused-ring (bicyclic) bond motifs is 1. The van der Waals surface area contributed by atoms with Crippen LogP contribution in [0, 0.1) is 16.0 Å². The predicted octanol–water partition coefficient (Wildman–Crippen LogP) is -0.717. The molecule has 3 aliphatic rings. The van der Waals surface area contributed by atoms with E-state index in [1.807, 2.05) is 0 Å². The van der Waals surface area contributed by atoms with Gasteiger partial charge in [-0.15, -0.1) is 0 Å². The molecular weight excluding hydrogens is 653 g/mol. The summed E-state index contributed by atoms with van der Waals surface area (Å²) in [6, 6.07) is 8.47. The quantitative estimate of drug-likeness (QED) is 0.0617. The fraction of sp³-hybridized carbons (Fsp3) is 0.400. The molecule has 0 spiro atoms. The molecule has 7 rings (SSSR count). The number of anilines is 1. The number of imide groups is 1. The van der Waals surface area contributed by atoms with Crippen LogP contribution in [0.25, 0.3) is 27.8 Å². The smallest absolute Gasteiger partial charge is 0.455 e. The first kappa shape index (κ1) is 36.0. The van der Waals surface area contributed by atoms with Crippen molar-refractivity contribution in [1.82, 2.24) is 24.5 Å². The van der Waals surface area contributed by atoms with Gasteiger partial charge >= 0.3 is 29.6 Å². The van der Waals surface area contributed by atoms with Gasteiger partial charge in [0.25, 0.3) is 5.69 Å². The molecule has 49 heavy (non-hydrogen) atoms. The maximum Gasteiger partial charge on any atom is 1.00 e. The zero-order valence-electron chi connectivity index (χ0n) is 26.4. The van der Waals surface area contributed by atoms with Gasteiger partial charge in [0.1, 0.15) is 41.7 Å². The zero-order chi connectivity index (χ0) is 34.0. The summed E-state index contributed by atoms with van der Waals surface area (Å²) in [7, 11) is 0. The summed E-state index contributed by atoms with van der Waals surface area (Å²) >= 11 is 0. The SMILES string of the molecule is Nc1ncnc2c1ncn2[C@]1(C2CCCCC2)O[C@H](CO)[C@@H](O)[C@H]1O.O=C1CN(N=Cc2ccc(-c3ccc([N+](=O)[O-])cc3)o2)C(=O)[N-]1.[Na+]. The molecule has 2 saturated heterocycles. The Labute approximate surface area is 300 Å². The normalized spacial score (nSPS) is 24.1. The molecule has 5 N–H and O–H groups in total. The number of ether oxygens (including phenoxy) is 1. The first-order valence-electron chi connectivity index (χ1n) is 15.2. The van der Waals surface area contributed by atoms with E-state index in [-0.39, 0.29) is 60.1 Å². The van der Waals surface area contributed by atoms with Crippen molar-refractivity contribution in [2.24, 2.45) is 11.0 Å². The van der Waals surface area contributed by atoms with Gasteiger partial charge in [-0.3, -0.25) is 29.4 Å². The molecule has 19 heteroatoms. The number of aliphatic hydroxyl groups excluding tert-OH is 3. The number of hydrogen-bond acceptors (Lipinski definition) is 14. The summed E-state index contributed by atoms with van der Waals surface area (Å²) in [6.07, 6.45) is 5.77. The molecule has 1 saturated carbocycles. The van der Waals surface area contributed by atoms with Crippen molar-refractivity contribution in [3.8, 4) is 11.3 Å². The molecule has 3 aromatic heterocycles. The molecular formula is C30H32N9NaO9. The average Bonchev–Trinajstić information content (AvgIpc) is 3.87. The second-order valence-electron chi connectivity index (χ2n) is 11.5. The number of carbonyl (C=O) groups excluding carboxylic acids is 2. The summed E-state index contributed by atoms with van der Waals surface area (Å²) in [4.78, 5) is 44.9. The van der Waals surface area contributed by atoms with Gasteiger partial charge in [0.15, 0.2) is 29.1 Å². The Hall–Kier alpha value is -4.30. The Morgan fingerprint density at radius 1 is 1.10 bits per heavy atom. The topological polar surface area (TPSA) is 260 Å². The molecule has 4 atom stereocenters. The monoisotopic (exact) mass is 685 g/mol. The Balaban J connectivity index is 0.000000188. The van der Waals surface area contributed by atoms with Crippen molar-refractivity contribution in [3.05, 3.63) is 70.2 Å². The fourth-order valence-electron chi connectivity index (χ4n) is 6.27. The molecule has 2 aliphatic heterocycles. The number of hydrazone groups is 1. The van der Waals surface area contributed by atoms with E-state index < -0.39 is 40.9 Å². The van der Waals surface area contributed by atoms with Crippen LogP contribution in [0.5, 0.6) is 0 Å². The van der Waals surface area contributed by atoms with Crippen LogP contribution >= 0.6 is 0 Å². The number of nitrogens with zero attached hydrogens (tertiary/aromatic N) is 8. The Kier molecular flexibility index (Phi) is 11.1. The van der Waals surface area contributed by atoms with Crippen LogP contribution in [0.4, 0.5) is 16.3 Å². The number of non-ortho nitro benzene ring substituents is 1. The molecule has 3 fully saturated rings.